The van der Waals surface area contributed by atoms with E-state index in [0.717, 1.165) is 24.1 Å². The van der Waals surface area contributed by atoms with E-state index in [-0.39, 0.29) is 5.91 Å². The molecule has 3 nitrogen and oxygen atoms in total. The molecule has 0 saturated heterocycles. The Balaban J connectivity index is 1.73. The molecule has 0 aromatic heterocycles. The number of anilines is 1. The summed E-state index contributed by atoms with van der Waals surface area (Å²) in [7, 11) is 0. The van der Waals surface area contributed by atoms with Crippen LogP contribution < -0.4 is 11.1 Å². The van der Waals surface area contributed by atoms with Gasteiger partial charge in [-0.2, -0.15) is 0 Å². The molecular weight excluding hydrogens is 212 g/mol. The lowest BCUT2D eigenvalue weighted by Crippen LogP contribution is -2.26. The van der Waals surface area contributed by atoms with Gasteiger partial charge in [0.2, 0.25) is 5.91 Å². The van der Waals surface area contributed by atoms with Gasteiger partial charge in [-0.1, -0.05) is 25.5 Å². The van der Waals surface area contributed by atoms with Crippen molar-refractivity contribution in [3.05, 3.63) is 29.8 Å². The average Bonchev–Trinajstić information content (AvgIpc) is 3.05. The van der Waals surface area contributed by atoms with Gasteiger partial charge in [0.05, 0.1) is 0 Å². The zero-order valence-corrected chi connectivity index (χ0v) is 10.3. The number of aryl methyl sites for hydroxylation is 1. The van der Waals surface area contributed by atoms with Crippen molar-refractivity contribution >= 4 is 11.6 Å². The first-order valence-electron chi connectivity index (χ1n) is 6.33. The topological polar surface area (TPSA) is 55.1 Å². The van der Waals surface area contributed by atoms with E-state index in [1.807, 2.05) is 24.3 Å². The summed E-state index contributed by atoms with van der Waals surface area (Å²) >= 11 is 0. The van der Waals surface area contributed by atoms with E-state index in [2.05, 4.69) is 12.2 Å². The smallest absolute Gasteiger partial charge is 0.220 e. The van der Waals surface area contributed by atoms with Crippen LogP contribution in [0.5, 0.6) is 0 Å². The fraction of sp³-hybridized carbons (Fsp3) is 0.500. The van der Waals surface area contributed by atoms with E-state index in [9.17, 15) is 4.79 Å². The minimum absolute atomic E-state index is 0.161. The van der Waals surface area contributed by atoms with Crippen molar-refractivity contribution < 1.29 is 4.79 Å². The highest BCUT2D eigenvalue weighted by Gasteiger charge is 2.36. The number of carbonyl (C=O) groups excluding carboxylic acids is 1. The molecule has 1 fully saturated rings. The Kier molecular flexibility index (Phi) is 3.67. The first kappa shape index (κ1) is 12.0. The minimum Gasteiger partial charge on any atom is -0.399 e. The number of hydrogen-bond acceptors (Lipinski definition) is 2. The van der Waals surface area contributed by atoms with Crippen molar-refractivity contribution in [3.63, 3.8) is 0 Å². The van der Waals surface area contributed by atoms with E-state index in [4.69, 9.17) is 5.73 Å². The molecule has 1 saturated carbocycles. The van der Waals surface area contributed by atoms with Crippen molar-refractivity contribution in [3.8, 4) is 0 Å². The zero-order chi connectivity index (χ0) is 12.3. The van der Waals surface area contributed by atoms with Crippen LogP contribution in [0.1, 0.15) is 31.7 Å². The fourth-order valence-electron chi connectivity index (χ4n) is 2.16. The molecule has 3 N–H and O–H groups in total. The molecule has 3 heteroatoms. The van der Waals surface area contributed by atoms with Crippen molar-refractivity contribution in [2.24, 2.45) is 5.92 Å². The third-order valence-corrected chi connectivity index (χ3v) is 3.39. The third kappa shape index (κ3) is 3.48. The number of rotatable bonds is 5. The van der Waals surface area contributed by atoms with Gasteiger partial charge in [0.15, 0.2) is 0 Å². The monoisotopic (exact) mass is 232 g/mol. The van der Waals surface area contributed by atoms with Gasteiger partial charge in [-0.3, -0.25) is 4.79 Å². The fourth-order valence-corrected chi connectivity index (χ4v) is 2.16. The highest BCUT2D eigenvalue weighted by Crippen LogP contribution is 2.33. The highest BCUT2D eigenvalue weighted by molar-refractivity contribution is 5.77. The van der Waals surface area contributed by atoms with Crippen LogP contribution in [0.2, 0.25) is 0 Å². The lowest BCUT2D eigenvalue weighted by molar-refractivity contribution is -0.121. The SMILES string of the molecule is CCC1CC1NC(=O)CCc1cccc(N)c1. The Labute approximate surface area is 102 Å². The van der Waals surface area contributed by atoms with Crippen LogP contribution >= 0.6 is 0 Å². The molecule has 92 valence electrons. The molecule has 0 aliphatic heterocycles. The summed E-state index contributed by atoms with van der Waals surface area (Å²) < 4.78 is 0. The second-order valence-corrected chi connectivity index (χ2v) is 4.82. The van der Waals surface area contributed by atoms with E-state index >= 15 is 0 Å². The van der Waals surface area contributed by atoms with Gasteiger partial charge in [-0.25, -0.2) is 0 Å². The standard InChI is InChI=1S/C14H20N2O/c1-2-11-9-13(11)16-14(17)7-6-10-4-3-5-12(15)8-10/h3-5,8,11,13H,2,6-7,9,15H2,1H3,(H,16,17). The predicted molar refractivity (Wildman–Crippen MR) is 69.5 cm³/mol. The second-order valence-electron chi connectivity index (χ2n) is 4.82. The zero-order valence-electron chi connectivity index (χ0n) is 10.3. The van der Waals surface area contributed by atoms with Crippen LogP contribution in [0.25, 0.3) is 0 Å². The van der Waals surface area contributed by atoms with Crippen LogP contribution in [-0.2, 0) is 11.2 Å². The molecule has 1 aromatic rings. The molecule has 2 atom stereocenters. The van der Waals surface area contributed by atoms with Crippen molar-refractivity contribution in [2.45, 2.75) is 38.6 Å². The van der Waals surface area contributed by atoms with Crippen LogP contribution in [0.15, 0.2) is 24.3 Å². The Morgan fingerprint density at radius 3 is 3.00 bits per heavy atom. The summed E-state index contributed by atoms with van der Waals surface area (Å²) in [5, 5.41) is 3.07. The van der Waals surface area contributed by atoms with Gasteiger partial charge in [-0.15, -0.1) is 0 Å². The molecule has 2 unspecified atom stereocenters. The van der Waals surface area contributed by atoms with Gasteiger partial charge >= 0.3 is 0 Å². The van der Waals surface area contributed by atoms with E-state index in [0.29, 0.717) is 18.4 Å². The first-order valence-corrected chi connectivity index (χ1v) is 6.33. The molecule has 1 aliphatic carbocycles. The van der Waals surface area contributed by atoms with Gasteiger partial charge in [0.25, 0.3) is 0 Å². The van der Waals surface area contributed by atoms with Crippen LogP contribution in [-0.4, -0.2) is 11.9 Å². The number of amides is 1. The summed E-state index contributed by atoms with van der Waals surface area (Å²) in [6.07, 6.45) is 3.64. The Morgan fingerprint density at radius 2 is 2.35 bits per heavy atom. The van der Waals surface area contributed by atoms with Gasteiger partial charge in [0.1, 0.15) is 0 Å². The molecule has 0 spiro atoms. The van der Waals surface area contributed by atoms with E-state index in [1.165, 1.54) is 6.42 Å². The second kappa shape index (κ2) is 5.21. The molecule has 0 heterocycles. The maximum atomic E-state index is 11.7. The Bertz CT molecular complexity index is 403. The maximum Gasteiger partial charge on any atom is 0.220 e. The highest BCUT2D eigenvalue weighted by atomic mass is 16.1. The molecule has 1 aromatic carbocycles. The van der Waals surface area contributed by atoms with E-state index in [1.54, 1.807) is 0 Å². The van der Waals surface area contributed by atoms with Crippen molar-refractivity contribution in [1.82, 2.24) is 5.32 Å². The Hall–Kier alpha value is -1.51. The molecule has 1 aliphatic rings. The number of carbonyl (C=O) groups is 1. The van der Waals surface area contributed by atoms with Crippen LogP contribution in [0.3, 0.4) is 0 Å². The summed E-state index contributed by atoms with van der Waals surface area (Å²) in [6, 6.07) is 8.17. The number of hydrogen-bond donors (Lipinski definition) is 2. The summed E-state index contributed by atoms with van der Waals surface area (Å²) in [6.45, 7) is 2.17. The van der Waals surface area contributed by atoms with Crippen LogP contribution in [0.4, 0.5) is 5.69 Å². The number of nitrogens with one attached hydrogen (secondary N) is 1. The molecule has 2 rings (SSSR count). The van der Waals surface area contributed by atoms with Crippen LogP contribution in [0, 0.1) is 5.92 Å². The largest absolute Gasteiger partial charge is 0.399 e. The molecule has 17 heavy (non-hydrogen) atoms. The maximum absolute atomic E-state index is 11.7. The molecular formula is C14H20N2O. The lowest BCUT2D eigenvalue weighted by Gasteiger charge is -2.05. The lowest BCUT2D eigenvalue weighted by atomic mass is 10.1. The average molecular weight is 232 g/mol. The number of benzene rings is 1. The first-order chi connectivity index (χ1) is 8.19. The van der Waals surface area contributed by atoms with Gasteiger partial charge in [-0.05, 0) is 36.5 Å². The van der Waals surface area contributed by atoms with Crippen molar-refractivity contribution in [1.29, 1.82) is 0 Å². The number of nitrogens with two attached hydrogens (primary N) is 1. The molecule has 0 radical (unpaired) electrons. The van der Waals surface area contributed by atoms with Crippen molar-refractivity contribution in [2.75, 3.05) is 5.73 Å². The summed E-state index contributed by atoms with van der Waals surface area (Å²) in [5.74, 6) is 0.875. The quantitative estimate of drug-likeness (QED) is 0.764. The number of nitrogen functional groups attached to an aromatic ring is 1. The third-order valence-electron chi connectivity index (χ3n) is 3.39. The minimum atomic E-state index is 0.161. The summed E-state index contributed by atoms with van der Waals surface area (Å²) in [4.78, 5) is 11.7. The Morgan fingerprint density at radius 1 is 1.53 bits per heavy atom. The molecule has 0 bridgehead atoms. The molecule has 1 amide bonds. The normalized spacial score (nSPS) is 22.2. The predicted octanol–water partition coefficient (Wildman–Crippen LogP) is 2.12. The summed E-state index contributed by atoms with van der Waals surface area (Å²) in [5.41, 5.74) is 7.58. The van der Waals surface area contributed by atoms with Gasteiger partial charge in [0, 0.05) is 18.2 Å². The van der Waals surface area contributed by atoms with Gasteiger partial charge < -0.3 is 11.1 Å². The van der Waals surface area contributed by atoms with E-state index < -0.39 is 0 Å².